The first-order valence-electron chi connectivity index (χ1n) is 13.3. The van der Waals surface area contributed by atoms with Crippen molar-refractivity contribution in [1.82, 2.24) is 13.6 Å². The molecule has 0 amide bonds. The van der Waals surface area contributed by atoms with Crippen molar-refractivity contribution in [2.24, 2.45) is 0 Å². The first kappa shape index (κ1) is 29.1. The summed E-state index contributed by atoms with van der Waals surface area (Å²) in [5.41, 5.74) is 5.17. The fourth-order valence-electron chi connectivity index (χ4n) is 4.72. The molecule has 0 saturated heterocycles. The second-order valence-electron chi connectivity index (χ2n) is 10.3. The summed E-state index contributed by atoms with van der Waals surface area (Å²) in [7, 11) is -7.69. The van der Waals surface area contributed by atoms with E-state index in [0.717, 1.165) is 40.9 Å². The van der Waals surface area contributed by atoms with Crippen LogP contribution in [0.25, 0.3) is 0 Å². The van der Waals surface area contributed by atoms with E-state index in [1.165, 1.54) is 8.61 Å². The van der Waals surface area contributed by atoms with E-state index in [1.807, 2.05) is 26.0 Å². The van der Waals surface area contributed by atoms with E-state index in [-0.39, 0.29) is 36.0 Å². The molecule has 208 valence electrons. The van der Waals surface area contributed by atoms with Crippen molar-refractivity contribution in [3.05, 3.63) is 101 Å². The number of nitrogens with zero attached hydrogens (tertiary/aromatic N) is 3. The molecule has 0 radical (unpaired) electrons. The van der Waals surface area contributed by atoms with Gasteiger partial charge in [0.05, 0.1) is 9.79 Å². The monoisotopic (exact) mass is 567 g/mol. The van der Waals surface area contributed by atoms with Crippen molar-refractivity contribution in [3.63, 3.8) is 0 Å². The van der Waals surface area contributed by atoms with Gasteiger partial charge in [-0.05, 0) is 67.8 Å². The average Bonchev–Trinajstić information content (AvgIpc) is 2.89. The van der Waals surface area contributed by atoms with Gasteiger partial charge in [0.1, 0.15) is 0 Å². The SMILES string of the molecule is C=C1CN(S(=O)(=O)c2ccc(C)cc2)CCc2cc(CCC)cc(n2)CCN(S(=O)(=O)c2ccc(C)cc2)C1. The van der Waals surface area contributed by atoms with Gasteiger partial charge in [-0.1, -0.05) is 55.3 Å². The summed E-state index contributed by atoms with van der Waals surface area (Å²) >= 11 is 0. The molecule has 1 aliphatic rings. The zero-order chi connectivity index (χ0) is 28.2. The second-order valence-corrected chi connectivity index (χ2v) is 14.1. The van der Waals surface area contributed by atoms with E-state index in [9.17, 15) is 16.8 Å². The molecule has 0 fully saturated rings. The highest BCUT2D eigenvalue weighted by Gasteiger charge is 2.29. The zero-order valence-corrected chi connectivity index (χ0v) is 24.6. The van der Waals surface area contributed by atoms with Crippen molar-refractivity contribution in [1.29, 1.82) is 0 Å². The van der Waals surface area contributed by atoms with Gasteiger partial charge in [-0.25, -0.2) is 16.8 Å². The predicted octanol–water partition coefficient (Wildman–Crippen LogP) is 4.69. The average molecular weight is 568 g/mol. The summed E-state index contributed by atoms with van der Waals surface area (Å²) < 4.78 is 57.7. The smallest absolute Gasteiger partial charge is 0.243 e. The Morgan fingerprint density at radius 2 is 1.15 bits per heavy atom. The van der Waals surface area contributed by atoms with Crippen molar-refractivity contribution in [3.8, 4) is 0 Å². The van der Waals surface area contributed by atoms with E-state index in [4.69, 9.17) is 4.98 Å². The van der Waals surface area contributed by atoms with Gasteiger partial charge in [-0.15, -0.1) is 0 Å². The highest BCUT2D eigenvalue weighted by molar-refractivity contribution is 7.89. The molecule has 9 heteroatoms. The molecule has 0 unspecified atom stereocenters. The largest absolute Gasteiger partial charge is 0.258 e. The van der Waals surface area contributed by atoms with Crippen LogP contribution in [0.4, 0.5) is 0 Å². The number of sulfonamides is 2. The third kappa shape index (κ3) is 7.03. The lowest BCUT2D eigenvalue weighted by atomic mass is 10.1. The molecule has 1 aromatic heterocycles. The molecule has 0 atom stereocenters. The molecule has 0 spiro atoms. The lowest BCUT2D eigenvalue weighted by Crippen LogP contribution is -2.40. The molecule has 4 rings (SSSR count). The summed E-state index contributed by atoms with van der Waals surface area (Å²) in [6, 6.07) is 17.6. The van der Waals surface area contributed by atoms with E-state index in [1.54, 1.807) is 48.5 Å². The fraction of sp³-hybridized carbons (Fsp3) is 0.367. The number of fused-ring (bicyclic) bond motifs is 2. The van der Waals surface area contributed by atoms with Crippen LogP contribution in [-0.2, 0) is 39.3 Å². The van der Waals surface area contributed by atoms with E-state index >= 15 is 0 Å². The van der Waals surface area contributed by atoms with Gasteiger partial charge in [-0.3, -0.25) is 4.98 Å². The van der Waals surface area contributed by atoms with E-state index in [2.05, 4.69) is 13.5 Å². The number of benzene rings is 2. The zero-order valence-electron chi connectivity index (χ0n) is 22.9. The molecule has 7 nitrogen and oxygen atoms in total. The highest BCUT2D eigenvalue weighted by atomic mass is 32.2. The minimum absolute atomic E-state index is 0.0115. The summed E-state index contributed by atoms with van der Waals surface area (Å²) in [5, 5.41) is 0. The maximum atomic E-state index is 13.7. The first-order valence-corrected chi connectivity index (χ1v) is 16.2. The Balaban J connectivity index is 1.75. The van der Waals surface area contributed by atoms with Crippen LogP contribution in [0, 0.1) is 13.8 Å². The Labute approximate surface area is 233 Å². The maximum Gasteiger partial charge on any atom is 0.243 e. The molecule has 2 heterocycles. The van der Waals surface area contributed by atoms with Crippen LogP contribution in [0.5, 0.6) is 0 Å². The fourth-order valence-corrected chi connectivity index (χ4v) is 7.65. The number of hydrogen-bond acceptors (Lipinski definition) is 5. The van der Waals surface area contributed by atoms with Gasteiger partial charge >= 0.3 is 0 Å². The van der Waals surface area contributed by atoms with E-state index < -0.39 is 20.0 Å². The van der Waals surface area contributed by atoms with Gasteiger partial charge in [0.25, 0.3) is 0 Å². The van der Waals surface area contributed by atoms with Crippen LogP contribution < -0.4 is 0 Å². The third-order valence-electron chi connectivity index (χ3n) is 6.88. The Bertz CT molecular complexity index is 1420. The molecule has 0 N–H and O–H groups in total. The van der Waals surface area contributed by atoms with Gasteiger partial charge in [0, 0.05) is 50.4 Å². The summed E-state index contributed by atoms with van der Waals surface area (Å²) in [5.74, 6) is 0. The van der Waals surface area contributed by atoms with Crippen LogP contribution in [0.3, 0.4) is 0 Å². The van der Waals surface area contributed by atoms with Crippen molar-refractivity contribution in [2.45, 2.75) is 56.2 Å². The van der Waals surface area contributed by atoms with Crippen LogP contribution in [-0.4, -0.2) is 56.6 Å². The minimum atomic E-state index is -3.85. The van der Waals surface area contributed by atoms with Crippen molar-refractivity contribution in [2.75, 3.05) is 26.2 Å². The summed E-state index contributed by atoms with van der Waals surface area (Å²) in [4.78, 5) is 5.20. The minimum Gasteiger partial charge on any atom is -0.258 e. The van der Waals surface area contributed by atoms with Gasteiger partial charge < -0.3 is 0 Å². The molecule has 2 bridgehead atoms. The van der Waals surface area contributed by atoms with Crippen LogP contribution in [0.1, 0.15) is 41.4 Å². The van der Waals surface area contributed by atoms with Crippen molar-refractivity contribution < 1.29 is 16.8 Å². The number of hydrogen-bond donors (Lipinski definition) is 0. The van der Waals surface area contributed by atoms with Crippen LogP contribution in [0.15, 0.2) is 82.6 Å². The third-order valence-corrected chi connectivity index (χ3v) is 10.6. The highest BCUT2D eigenvalue weighted by Crippen LogP contribution is 2.23. The number of rotatable bonds is 6. The van der Waals surface area contributed by atoms with E-state index in [0.29, 0.717) is 18.4 Å². The molecule has 1 aliphatic heterocycles. The summed E-state index contributed by atoms with van der Waals surface area (Å²) in [6.45, 7) is 10.5. The second kappa shape index (κ2) is 12.1. The Kier molecular flexibility index (Phi) is 9.06. The number of aromatic nitrogens is 1. The lowest BCUT2D eigenvalue weighted by Gasteiger charge is -2.28. The standard InChI is InChI=1S/C30H37N3O4S2/c1-5-6-26-19-27-15-17-32(38(34,35)29-11-7-23(2)8-12-29)21-25(4)22-33(18-16-28(20-26)31-27)39(36,37)30-13-9-24(3)10-14-30/h7-14,19-20H,4-6,15-18,21-22H2,1-3H3. The van der Waals surface area contributed by atoms with Gasteiger partial charge in [0.2, 0.25) is 20.0 Å². The number of pyridine rings is 1. The Morgan fingerprint density at radius 1 is 0.744 bits per heavy atom. The molecule has 3 aromatic rings. The van der Waals surface area contributed by atoms with Crippen LogP contribution >= 0.6 is 0 Å². The van der Waals surface area contributed by atoms with Crippen molar-refractivity contribution >= 4 is 20.0 Å². The molecule has 0 saturated carbocycles. The maximum absolute atomic E-state index is 13.7. The Morgan fingerprint density at radius 3 is 1.54 bits per heavy atom. The molecule has 2 aromatic carbocycles. The Hall–Kier alpha value is -2.85. The van der Waals surface area contributed by atoms with Gasteiger partial charge in [-0.2, -0.15) is 8.61 Å². The lowest BCUT2D eigenvalue weighted by molar-refractivity contribution is 0.401. The van der Waals surface area contributed by atoms with Crippen LogP contribution in [0.2, 0.25) is 0 Å². The predicted molar refractivity (Wildman–Crippen MR) is 155 cm³/mol. The normalized spacial score (nSPS) is 16.4. The quantitative estimate of drug-likeness (QED) is 0.404. The summed E-state index contributed by atoms with van der Waals surface area (Å²) in [6.07, 6.45) is 2.74. The van der Waals surface area contributed by atoms with Gasteiger partial charge in [0.15, 0.2) is 0 Å². The first-order chi connectivity index (χ1) is 18.5. The molecular weight excluding hydrogens is 530 g/mol. The molecule has 0 aliphatic carbocycles. The molecular formula is C30H37N3O4S2. The topological polar surface area (TPSA) is 87.7 Å². The number of aryl methyl sites for hydroxylation is 3. The molecule has 39 heavy (non-hydrogen) atoms.